The molecule has 2 aromatic carbocycles. The van der Waals surface area contributed by atoms with E-state index < -0.39 is 0 Å². The maximum absolute atomic E-state index is 8.69. The van der Waals surface area contributed by atoms with Gasteiger partial charge in [-0.2, -0.15) is 0 Å². The molecule has 2 rings (SSSR count). The highest BCUT2D eigenvalue weighted by atomic mass is 79.9. The minimum atomic E-state index is 0.0430. The van der Waals surface area contributed by atoms with Crippen LogP contribution >= 0.6 is 27.5 Å². The van der Waals surface area contributed by atoms with Crippen molar-refractivity contribution in [2.24, 2.45) is 0 Å². The summed E-state index contributed by atoms with van der Waals surface area (Å²) in [5, 5.41) is 12.7. The van der Waals surface area contributed by atoms with Crippen molar-refractivity contribution in [3.63, 3.8) is 0 Å². The van der Waals surface area contributed by atoms with Crippen molar-refractivity contribution < 1.29 is 19.3 Å². The smallest absolute Gasteiger partial charge is 0.175 e. The summed E-state index contributed by atoms with van der Waals surface area (Å²) in [6, 6.07) is 11.6. The Labute approximate surface area is 173 Å². The molecule has 0 bridgehead atoms. The molecule has 148 valence electrons. The van der Waals surface area contributed by atoms with Crippen LogP contribution in [0.15, 0.2) is 40.9 Å². The summed E-state index contributed by atoms with van der Waals surface area (Å²) in [7, 11) is 0. The Bertz CT molecular complexity index is 714. The third kappa shape index (κ3) is 7.68. The van der Waals surface area contributed by atoms with E-state index in [1.807, 2.05) is 43.3 Å². The van der Waals surface area contributed by atoms with Gasteiger partial charge in [-0.15, -0.1) is 0 Å². The Balaban J connectivity index is 1.99. The summed E-state index contributed by atoms with van der Waals surface area (Å²) >= 11 is 9.62. The molecule has 27 heavy (non-hydrogen) atoms. The average molecular weight is 459 g/mol. The van der Waals surface area contributed by atoms with Gasteiger partial charge in [0.25, 0.3) is 0 Å². The molecule has 7 heteroatoms. The van der Waals surface area contributed by atoms with Gasteiger partial charge in [-0.3, -0.25) is 0 Å². The maximum atomic E-state index is 8.69. The molecular formula is C20H25BrClNO4. The van der Waals surface area contributed by atoms with Crippen molar-refractivity contribution in [3.8, 4) is 11.5 Å². The Morgan fingerprint density at radius 3 is 2.70 bits per heavy atom. The standard InChI is InChI=1S/C20H25BrClNO4/c1-2-26-19-12-16(13-23-6-8-25-9-7-24)11-18(21)20(19)27-14-15-4-3-5-17(22)10-15/h3-5,10-12,23-24H,2,6-9,13-14H2,1H3. The van der Waals surface area contributed by atoms with Gasteiger partial charge < -0.3 is 24.6 Å². The molecule has 0 aliphatic carbocycles. The zero-order chi connectivity index (χ0) is 19.5. The van der Waals surface area contributed by atoms with E-state index in [0.717, 1.165) is 15.6 Å². The predicted molar refractivity (Wildman–Crippen MR) is 111 cm³/mol. The molecule has 0 atom stereocenters. The number of ether oxygens (including phenoxy) is 3. The molecule has 5 nitrogen and oxygen atoms in total. The molecule has 0 saturated heterocycles. The minimum absolute atomic E-state index is 0.0430. The molecule has 0 aliphatic heterocycles. The van der Waals surface area contributed by atoms with Gasteiger partial charge in [-0.1, -0.05) is 23.7 Å². The Hall–Kier alpha value is -1.31. The van der Waals surface area contributed by atoms with Crippen molar-refractivity contribution in [3.05, 3.63) is 57.0 Å². The Morgan fingerprint density at radius 1 is 1.11 bits per heavy atom. The van der Waals surface area contributed by atoms with Crippen LogP contribution in [0.1, 0.15) is 18.1 Å². The molecule has 2 aromatic rings. The van der Waals surface area contributed by atoms with E-state index in [0.29, 0.717) is 56.0 Å². The molecule has 0 unspecified atom stereocenters. The second kappa shape index (κ2) is 12.2. The molecule has 0 radical (unpaired) electrons. The van der Waals surface area contributed by atoms with Crippen LogP contribution in [0.5, 0.6) is 11.5 Å². The molecule has 0 spiro atoms. The first-order valence-electron chi connectivity index (χ1n) is 8.85. The minimum Gasteiger partial charge on any atom is -0.490 e. The van der Waals surface area contributed by atoms with Gasteiger partial charge in [0.05, 0.1) is 30.9 Å². The molecule has 0 heterocycles. The van der Waals surface area contributed by atoms with Crippen LogP contribution in [-0.4, -0.2) is 38.1 Å². The zero-order valence-corrected chi connectivity index (χ0v) is 17.7. The normalized spacial score (nSPS) is 10.8. The number of benzene rings is 2. The van der Waals surface area contributed by atoms with Crippen LogP contribution in [0.3, 0.4) is 0 Å². The van der Waals surface area contributed by atoms with Crippen molar-refractivity contribution in [1.29, 1.82) is 0 Å². The SMILES string of the molecule is CCOc1cc(CNCCOCCO)cc(Br)c1OCc1cccc(Cl)c1. The van der Waals surface area contributed by atoms with Gasteiger partial charge in [-0.25, -0.2) is 0 Å². The van der Waals surface area contributed by atoms with Crippen LogP contribution in [0, 0.1) is 0 Å². The van der Waals surface area contributed by atoms with Crippen molar-refractivity contribution in [1.82, 2.24) is 5.32 Å². The van der Waals surface area contributed by atoms with Crippen LogP contribution in [0.4, 0.5) is 0 Å². The van der Waals surface area contributed by atoms with Gasteiger partial charge in [0.15, 0.2) is 11.5 Å². The van der Waals surface area contributed by atoms with E-state index >= 15 is 0 Å². The Morgan fingerprint density at radius 2 is 1.96 bits per heavy atom. The van der Waals surface area contributed by atoms with E-state index in [1.165, 1.54) is 0 Å². The summed E-state index contributed by atoms with van der Waals surface area (Å²) < 4.78 is 17.8. The first-order chi connectivity index (χ1) is 13.1. The fourth-order valence-electron chi connectivity index (χ4n) is 2.45. The quantitative estimate of drug-likeness (QED) is 0.467. The first-order valence-corrected chi connectivity index (χ1v) is 10.0. The highest BCUT2D eigenvalue weighted by molar-refractivity contribution is 9.10. The Kier molecular flexibility index (Phi) is 9.94. The number of aliphatic hydroxyl groups is 1. The molecular weight excluding hydrogens is 434 g/mol. The lowest BCUT2D eigenvalue weighted by atomic mass is 10.2. The van der Waals surface area contributed by atoms with E-state index in [2.05, 4.69) is 21.2 Å². The zero-order valence-electron chi connectivity index (χ0n) is 15.3. The van der Waals surface area contributed by atoms with Gasteiger partial charge >= 0.3 is 0 Å². The molecule has 0 amide bonds. The van der Waals surface area contributed by atoms with Crippen molar-refractivity contribution in [2.45, 2.75) is 20.1 Å². The number of halogens is 2. The highest BCUT2D eigenvalue weighted by Gasteiger charge is 2.13. The lowest BCUT2D eigenvalue weighted by Crippen LogP contribution is -2.20. The predicted octanol–water partition coefficient (Wildman–Crippen LogP) is 4.18. The summed E-state index contributed by atoms with van der Waals surface area (Å²) in [6.07, 6.45) is 0. The molecule has 0 aromatic heterocycles. The molecule has 2 N–H and O–H groups in total. The largest absolute Gasteiger partial charge is 0.490 e. The third-order valence-corrected chi connectivity index (χ3v) is 4.45. The molecule has 0 saturated carbocycles. The second-order valence-electron chi connectivity index (χ2n) is 5.77. The van der Waals surface area contributed by atoms with E-state index in [1.54, 1.807) is 0 Å². The summed E-state index contributed by atoms with van der Waals surface area (Å²) in [4.78, 5) is 0. The van der Waals surface area contributed by atoms with Gasteiger partial charge in [0, 0.05) is 18.1 Å². The number of aliphatic hydroxyl groups excluding tert-OH is 1. The topological polar surface area (TPSA) is 60.0 Å². The lowest BCUT2D eigenvalue weighted by Gasteiger charge is -2.16. The van der Waals surface area contributed by atoms with Crippen LogP contribution in [0.2, 0.25) is 5.02 Å². The van der Waals surface area contributed by atoms with Gasteiger partial charge in [0.1, 0.15) is 6.61 Å². The van der Waals surface area contributed by atoms with E-state index in [4.69, 9.17) is 30.9 Å². The number of hydrogen-bond acceptors (Lipinski definition) is 5. The second-order valence-corrected chi connectivity index (χ2v) is 7.06. The lowest BCUT2D eigenvalue weighted by molar-refractivity contribution is 0.0938. The maximum Gasteiger partial charge on any atom is 0.175 e. The number of nitrogens with one attached hydrogen (secondary N) is 1. The monoisotopic (exact) mass is 457 g/mol. The molecule has 0 aliphatic rings. The van der Waals surface area contributed by atoms with Gasteiger partial charge in [0.2, 0.25) is 0 Å². The van der Waals surface area contributed by atoms with Crippen LogP contribution in [0.25, 0.3) is 0 Å². The van der Waals surface area contributed by atoms with E-state index in [-0.39, 0.29) is 6.61 Å². The van der Waals surface area contributed by atoms with Crippen molar-refractivity contribution in [2.75, 3.05) is 33.0 Å². The fraction of sp³-hybridized carbons (Fsp3) is 0.400. The fourth-order valence-corrected chi connectivity index (χ4v) is 3.27. The summed E-state index contributed by atoms with van der Waals surface area (Å²) in [6.45, 7) is 5.23. The van der Waals surface area contributed by atoms with Gasteiger partial charge in [-0.05, 0) is 58.2 Å². The number of hydrogen-bond donors (Lipinski definition) is 2. The van der Waals surface area contributed by atoms with Crippen molar-refractivity contribution >= 4 is 27.5 Å². The summed E-state index contributed by atoms with van der Waals surface area (Å²) in [5.41, 5.74) is 2.06. The van der Waals surface area contributed by atoms with E-state index in [9.17, 15) is 0 Å². The number of rotatable bonds is 12. The average Bonchev–Trinajstić information content (AvgIpc) is 2.64. The van der Waals surface area contributed by atoms with Crippen LogP contribution in [-0.2, 0) is 17.9 Å². The highest BCUT2D eigenvalue weighted by Crippen LogP contribution is 2.37. The third-order valence-electron chi connectivity index (χ3n) is 3.63. The summed E-state index contributed by atoms with van der Waals surface area (Å²) in [5.74, 6) is 1.37. The first kappa shape index (κ1) is 22.0. The van der Waals surface area contributed by atoms with Crippen LogP contribution < -0.4 is 14.8 Å². The molecule has 0 fully saturated rings.